The summed E-state index contributed by atoms with van der Waals surface area (Å²) in [5.74, 6) is 1.22. The van der Waals surface area contributed by atoms with Crippen LogP contribution in [-0.2, 0) is 4.79 Å². The van der Waals surface area contributed by atoms with Gasteiger partial charge in [-0.15, -0.1) is 0 Å². The molecule has 2 N–H and O–H groups in total. The Kier molecular flexibility index (Phi) is 6.01. The summed E-state index contributed by atoms with van der Waals surface area (Å²) in [5.41, 5.74) is 0. The lowest BCUT2D eigenvalue weighted by atomic mass is 10.3. The van der Waals surface area contributed by atoms with Crippen LogP contribution in [0.15, 0.2) is 10.7 Å². The van der Waals surface area contributed by atoms with Crippen molar-refractivity contribution in [3.63, 3.8) is 0 Å². The molecule has 0 aliphatic heterocycles. The second kappa shape index (κ2) is 7.28. The van der Waals surface area contributed by atoms with Gasteiger partial charge < -0.3 is 15.5 Å². The molecule has 1 aromatic heterocycles. The van der Waals surface area contributed by atoms with Gasteiger partial charge in [-0.3, -0.25) is 4.79 Å². The van der Waals surface area contributed by atoms with Crippen molar-refractivity contribution in [1.29, 1.82) is 0 Å². The fourth-order valence-electron chi connectivity index (χ4n) is 1.58. The summed E-state index contributed by atoms with van der Waals surface area (Å²) in [6, 6.07) is 0.132. The molecular weight excluding hydrogens is 310 g/mol. The highest BCUT2D eigenvalue weighted by Crippen LogP contribution is 2.23. The zero-order valence-corrected chi connectivity index (χ0v) is 13.3. The molecule has 0 aromatic carbocycles. The summed E-state index contributed by atoms with van der Waals surface area (Å²) in [7, 11) is 1.76. The molecule has 0 bridgehead atoms. The third-order valence-corrected chi connectivity index (χ3v) is 2.97. The summed E-state index contributed by atoms with van der Waals surface area (Å²) in [6.45, 7) is 6.82. The molecule has 6 nitrogen and oxygen atoms in total. The van der Waals surface area contributed by atoms with Gasteiger partial charge >= 0.3 is 0 Å². The van der Waals surface area contributed by atoms with Crippen LogP contribution in [-0.4, -0.2) is 42.1 Å². The van der Waals surface area contributed by atoms with Crippen molar-refractivity contribution in [2.75, 3.05) is 30.4 Å². The van der Waals surface area contributed by atoms with Gasteiger partial charge in [-0.1, -0.05) is 0 Å². The maximum atomic E-state index is 11.8. The quantitative estimate of drug-likeness (QED) is 0.830. The van der Waals surface area contributed by atoms with Crippen molar-refractivity contribution in [1.82, 2.24) is 15.3 Å². The number of carbonyl (C=O) groups excluding carboxylic acids is 1. The minimum absolute atomic E-state index is 0.0200. The Morgan fingerprint density at radius 3 is 2.74 bits per heavy atom. The van der Waals surface area contributed by atoms with Crippen LogP contribution >= 0.6 is 15.9 Å². The van der Waals surface area contributed by atoms with Gasteiger partial charge in [0.15, 0.2) is 0 Å². The Balaban J connectivity index is 2.87. The van der Waals surface area contributed by atoms with Crippen LogP contribution < -0.4 is 15.5 Å². The number of nitrogens with one attached hydrogen (secondary N) is 2. The van der Waals surface area contributed by atoms with Gasteiger partial charge in [0.25, 0.3) is 0 Å². The Morgan fingerprint density at radius 1 is 1.53 bits per heavy atom. The number of hydrogen-bond acceptors (Lipinski definition) is 5. The molecule has 0 aliphatic rings. The molecular formula is C12H20BrN5O. The third-order valence-electron chi connectivity index (χ3n) is 2.41. The molecule has 0 saturated carbocycles. The van der Waals surface area contributed by atoms with E-state index in [0.717, 1.165) is 4.47 Å². The number of aromatic nitrogens is 2. The van der Waals surface area contributed by atoms with E-state index < -0.39 is 0 Å². The molecule has 1 rings (SSSR count). The van der Waals surface area contributed by atoms with E-state index in [-0.39, 0.29) is 18.5 Å². The highest BCUT2D eigenvalue weighted by Gasteiger charge is 2.15. The van der Waals surface area contributed by atoms with Crippen molar-refractivity contribution in [3.8, 4) is 0 Å². The van der Waals surface area contributed by atoms with Gasteiger partial charge in [-0.25, -0.2) is 4.98 Å². The van der Waals surface area contributed by atoms with Gasteiger partial charge in [0.05, 0.1) is 11.0 Å². The fraction of sp³-hybridized carbons (Fsp3) is 0.583. The second-order valence-corrected chi connectivity index (χ2v) is 5.21. The number of anilines is 2. The monoisotopic (exact) mass is 329 g/mol. The SMILES string of the molecule is CCN(CC(=O)NC(C)C)c1nc(NC)ncc1Br. The minimum atomic E-state index is -0.0200. The molecule has 0 fully saturated rings. The summed E-state index contributed by atoms with van der Waals surface area (Å²) in [6.07, 6.45) is 1.68. The number of hydrogen-bond donors (Lipinski definition) is 2. The Bertz CT molecular complexity index is 438. The highest BCUT2D eigenvalue weighted by atomic mass is 79.9. The number of carbonyl (C=O) groups is 1. The van der Waals surface area contributed by atoms with Crippen LogP contribution in [0.1, 0.15) is 20.8 Å². The fourth-order valence-corrected chi connectivity index (χ4v) is 2.02. The molecule has 0 radical (unpaired) electrons. The smallest absolute Gasteiger partial charge is 0.239 e. The normalized spacial score (nSPS) is 10.4. The van der Waals surface area contributed by atoms with Crippen molar-refractivity contribution >= 4 is 33.6 Å². The maximum absolute atomic E-state index is 11.8. The first-order chi connectivity index (χ1) is 8.97. The molecule has 1 amide bonds. The standard InChI is InChI=1S/C12H20BrN5O/c1-5-18(7-10(19)16-8(2)3)11-9(13)6-15-12(14-4)17-11/h6,8H,5,7H2,1-4H3,(H,16,19)(H,14,15,17). The van der Waals surface area contributed by atoms with Crippen LogP contribution in [0.5, 0.6) is 0 Å². The molecule has 0 atom stereocenters. The largest absolute Gasteiger partial charge is 0.357 e. The molecule has 7 heteroatoms. The molecule has 0 unspecified atom stereocenters. The van der Waals surface area contributed by atoms with Crippen molar-refractivity contribution in [2.24, 2.45) is 0 Å². The lowest BCUT2D eigenvalue weighted by Gasteiger charge is -2.23. The Hall–Kier alpha value is -1.37. The van der Waals surface area contributed by atoms with E-state index in [1.807, 2.05) is 25.7 Å². The zero-order valence-electron chi connectivity index (χ0n) is 11.7. The zero-order chi connectivity index (χ0) is 14.4. The predicted molar refractivity (Wildman–Crippen MR) is 80.4 cm³/mol. The van der Waals surface area contributed by atoms with Crippen LogP contribution in [0.3, 0.4) is 0 Å². The van der Waals surface area contributed by atoms with Crippen LogP contribution in [0, 0.1) is 0 Å². The first-order valence-electron chi connectivity index (χ1n) is 6.22. The highest BCUT2D eigenvalue weighted by molar-refractivity contribution is 9.10. The van der Waals surface area contributed by atoms with Crippen LogP contribution in [0.2, 0.25) is 0 Å². The maximum Gasteiger partial charge on any atom is 0.239 e. The summed E-state index contributed by atoms with van der Waals surface area (Å²) in [4.78, 5) is 22.2. The van der Waals surface area contributed by atoms with Gasteiger partial charge in [0.2, 0.25) is 11.9 Å². The third kappa shape index (κ3) is 4.66. The summed E-state index contributed by atoms with van der Waals surface area (Å²) in [5, 5.41) is 5.76. The van der Waals surface area contributed by atoms with E-state index in [1.54, 1.807) is 13.2 Å². The number of likely N-dealkylation sites (N-methyl/N-ethyl adjacent to an activating group) is 1. The first-order valence-corrected chi connectivity index (χ1v) is 7.01. The van der Waals surface area contributed by atoms with Gasteiger partial charge in [-0.2, -0.15) is 4.98 Å². The van der Waals surface area contributed by atoms with Crippen molar-refractivity contribution in [2.45, 2.75) is 26.8 Å². The molecule has 19 heavy (non-hydrogen) atoms. The predicted octanol–water partition coefficient (Wildman–Crippen LogP) is 1.63. The molecule has 0 spiro atoms. The molecule has 0 saturated heterocycles. The van der Waals surface area contributed by atoms with Crippen molar-refractivity contribution < 1.29 is 4.79 Å². The molecule has 1 heterocycles. The Morgan fingerprint density at radius 2 is 2.21 bits per heavy atom. The van der Waals surface area contributed by atoms with Crippen LogP contribution in [0.25, 0.3) is 0 Å². The van der Waals surface area contributed by atoms with E-state index in [0.29, 0.717) is 18.3 Å². The van der Waals surface area contributed by atoms with Gasteiger partial charge in [-0.05, 0) is 36.7 Å². The molecule has 0 aliphatic carbocycles. The average molecular weight is 330 g/mol. The number of nitrogens with zero attached hydrogens (tertiary/aromatic N) is 3. The minimum Gasteiger partial charge on any atom is -0.357 e. The van der Waals surface area contributed by atoms with E-state index in [1.165, 1.54) is 0 Å². The van der Waals surface area contributed by atoms with Crippen molar-refractivity contribution in [3.05, 3.63) is 10.7 Å². The number of halogens is 1. The topological polar surface area (TPSA) is 70.2 Å². The second-order valence-electron chi connectivity index (χ2n) is 4.35. The average Bonchev–Trinajstić information content (AvgIpc) is 2.36. The van der Waals surface area contributed by atoms with Gasteiger partial charge in [0, 0.05) is 25.8 Å². The van der Waals surface area contributed by atoms with E-state index >= 15 is 0 Å². The Labute approximate surface area is 122 Å². The molecule has 106 valence electrons. The number of amides is 1. The lowest BCUT2D eigenvalue weighted by molar-refractivity contribution is -0.120. The van der Waals surface area contributed by atoms with Crippen LogP contribution in [0.4, 0.5) is 11.8 Å². The summed E-state index contributed by atoms with van der Waals surface area (Å²) >= 11 is 3.42. The molecule has 1 aromatic rings. The van der Waals surface area contributed by atoms with E-state index in [2.05, 4.69) is 36.5 Å². The summed E-state index contributed by atoms with van der Waals surface area (Å²) < 4.78 is 0.769. The van der Waals surface area contributed by atoms with Gasteiger partial charge in [0.1, 0.15) is 5.82 Å². The van der Waals surface area contributed by atoms with E-state index in [4.69, 9.17) is 0 Å². The lowest BCUT2D eigenvalue weighted by Crippen LogP contribution is -2.40. The first kappa shape index (κ1) is 15.7. The van der Waals surface area contributed by atoms with E-state index in [9.17, 15) is 4.79 Å². The number of rotatable bonds is 6.